The molecule has 1 rings (SSSR count). The normalized spacial score (nSPS) is 14.7. The number of rotatable bonds is 14. The molecule has 0 aliphatic heterocycles. The molecule has 11 nitrogen and oxygen atoms in total. The summed E-state index contributed by atoms with van der Waals surface area (Å²) in [5.74, 6) is -1.61. The van der Waals surface area contributed by atoms with Gasteiger partial charge in [-0.15, -0.1) is 0 Å². The number of esters is 2. The Morgan fingerprint density at radius 3 is 1.92 bits per heavy atom. The predicted octanol–water partition coefficient (Wildman–Crippen LogP) is 4.71. The van der Waals surface area contributed by atoms with Crippen molar-refractivity contribution in [3.63, 3.8) is 0 Å². The summed E-state index contributed by atoms with van der Waals surface area (Å²) in [6, 6.07) is 4.34. The van der Waals surface area contributed by atoms with Crippen LogP contribution in [0.2, 0.25) is 0 Å². The fraction of sp³-hybridized carbons (Fsp3) is 0.630. The van der Waals surface area contributed by atoms with Crippen LogP contribution in [-0.2, 0) is 35.0 Å². The van der Waals surface area contributed by atoms with Gasteiger partial charge < -0.3 is 34.2 Å². The van der Waals surface area contributed by atoms with Crippen molar-refractivity contribution in [2.75, 3.05) is 13.7 Å². The van der Waals surface area contributed by atoms with Gasteiger partial charge in [0.15, 0.2) is 11.5 Å². The lowest BCUT2D eigenvalue weighted by molar-refractivity contribution is -0.153. The van der Waals surface area contributed by atoms with Gasteiger partial charge in [-0.1, -0.05) is 33.8 Å². The summed E-state index contributed by atoms with van der Waals surface area (Å²) in [6.45, 7) is 10.6. The lowest BCUT2D eigenvalue weighted by Gasteiger charge is -2.27. The van der Waals surface area contributed by atoms with Crippen LogP contribution in [0.1, 0.15) is 72.8 Å². The highest BCUT2D eigenvalue weighted by Gasteiger charge is 2.36. The maximum atomic E-state index is 12.6. The molecule has 0 saturated heterocycles. The molecule has 0 aromatic heterocycles. The number of carbonyl (C=O) groups is 4. The zero-order chi connectivity index (χ0) is 28.9. The maximum Gasteiger partial charge on any atom is 0.514 e. The summed E-state index contributed by atoms with van der Waals surface area (Å²) in [6.07, 6.45) is -1.08. The molecule has 0 aliphatic carbocycles. The Morgan fingerprint density at radius 2 is 1.42 bits per heavy atom. The van der Waals surface area contributed by atoms with E-state index in [1.165, 1.54) is 19.2 Å². The van der Waals surface area contributed by atoms with Crippen molar-refractivity contribution in [1.29, 1.82) is 0 Å². The first kappa shape index (κ1) is 32.7. The van der Waals surface area contributed by atoms with Gasteiger partial charge in [0.25, 0.3) is 0 Å². The van der Waals surface area contributed by atoms with Crippen LogP contribution in [0.5, 0.6) is 11.5 Å². The monoisotopic (exact) mass is 539 g/mol. The lowest BCUT2D eigenvalue weighted by atomic mass is 9.88. The summed E-state index contributed by atoms with van der Waals surface area (Å²) < 4.78 is 31.0. The van der Waals surface area contributed by atoms with Crippen molar-refractivity contribution in [2.45, 2.75) is 91.4 Å². The number of ether oxygens (including phenoxy) is 6. The molecule has 4 atom stereocenters. The highest BCUT2D eigenvalue weighted by Crippen LogP contribution is 2.31. The largest absolute Gasteiger partial charge is 0.514 e. The molecule has 11 heteroatoms. The maximum absolute atomic E-state index is 12.6. The SMILES string of the molecule is CCC(C)OC(=O)Oc1cc(C[C@](N)(CCOC(=O)C(C)CC)C(=O)OC)ccc1OC(=O)O[C@@H](C)CC. The molecule has 0 bridgehead atoms. The van der Waals surface area contributed by atoms with Crippen molar-refractivity contribution in [3.8, 4) is 11.5 Å². The van der Waals surface area contributed by atoms with Crippen molar-refractivity contribution in [1.82, 2.24) is 0 Å². The zero-order valence-corrected chi connectivity index (χ0v) is 23.4. The third kappa shape index (κ3) is 10.6. The van der Waals surface area contributed by atoms with Crippen molar-refractivity contribution in [3.05, 3.63) is 23.8 Å². The second-order valence-electron chi connectivity index (χ2n) is 9.21. The van der Waals surface area contributed by atoms with Crippen LogP contribution in [0.25, 0.3) is 0 Å². The molecular weight excluding hydrogens is 498 g/mol. The second-order valence-corrected chi connectivity index (χ2v) is 9.21. The topological polar surface area (TPSA) is 150 Å². The molecule has 38 heavy (non-hydrogen) atoms. The Hall–Kier alpha value is -3.34. The van der Waals surface area contributed by atoms with Gasteiger partial charge in [0.2, 0.25) is 0 Å². The van der Waals surface area contributed by atoms with E-state index >= 15 is 0 Å². The summed E-state index contributed by atoms with van der Waals surface area (Å²) in [4.78, 5) is 49.1. The quantitative estimate of drug-likeness (QED) is 0.199. The average Bonchev–Trinajstić information content (AvgIpc) is 2.88. The number of carbonyl (C=O) groups excluding carboxylic acids is 4. The van der Waals surface area contributed by atoms with Gasteiger partial charge in [-0.25, -0.2) is 9.59 Å². The molecule has 0 spiro atoms. The van der Waals surface area contributed by atoms with Crippen LogP contribution in [0.3, 0.4) is 0 Å². The van der Waals surface area contributed by atoms with Gasteiger partial charge in [-0.2, -0.15) is 0 Å². The molecule has 2 unspecified atom stereocenters. The molecule has 2 N–H and O–H groups in total. The molecular formula is C27H41NO10. The minimum Gasteiger partial charge on any atom is -0.468 e. The predicted molar refractivity (Wildman–Crippen MR) is 138 cm³/mol. The second kappa shape index (κ2) is 15.8. The van der Waals surface area contributed by atoms with Crippen LogP contribution in [-0.4, -0.2) is 55.7 Å². The summed E-state index contributed by atoms with van der Waals surface area (Å²) in [5.41, 5.74) is 5.30. The van der Waals surface area contributed by atoms with Crippen LogP contribution in [0.15, 0.2) is 18.2 Å². The van der Waals surface area contributed by atoms with E-state index in [4.69, 9.17) is 34.2 Å². The molecule has 0 amide bonds. The molecule has 1 aromatic carbocycles. The first-order valence-electron chi connectivity index (χ1n) is 12.8. The van der Waals surface area contributed by atoms with Gasteiger partial charge in [0.05, 0.1) is 19.6 Å². The van der Waals surface area contributed by atoms with Gasteiger partial charge in [0.1, 0.15) is 17.7 Å². The van der Waals surface area contributed by atoms with Gasteiger partial charge >= 0.3 is 24.2 Å². The smallest absolute Gasteiger partial charge is 0.468 e. The van der Waals surface area contributed by atoms with Crippen LogP contribution in [0, 0.1) is 5.92 Å². The molecule has 0 radical (unpaired) electrons. The molecule has 1 aromatic rings. The fourth-order valence-corrected chi connectivity index (χ4v) is 3.02. The van der Waals surface area contributed by atoms with E-state index in [0.717, 1.165) is 0 Å². The van der Waals surface area contributed by atoms with E-state index in [0.29, 0.717) is 24.8 Å². The van der Waals surface area contributed by atoms with E-state index in [1.54, 1.807) is 26.8 Å². The number of benzene rings is 1. The lowest BCUT2D eigenvalue weighted by Crippen LogP contribution is -2.51. The van der Waals surface area contributed by atoms with Gasteiger partial charge in [-0.3, -0.25) is 9.59 Å². The summed E-state index contributed by atoms with van der Waals surface area (Å²) >= 11 is 0. The number of hydrogen-bond donors (Lipinski definition) is 1. The first-order chi connectivity index (χ1) is 17.9. The zero-order valence-electron chi connectivity index (χ0n) is 23.4. The average molecular weight is 540 g/mol. The fourth-order valence-electron chi connectivity index (χ4n) is 3.02. The number of methoxy groups -OCH3 is 1. The van der Waals surface area contributed by atoms with Gasteiger partial charge in [-0.05, 0) is 50.8 Å². The van der Waals surface area contributed by atoms with E-state index in [9.17, 15) is 19.2 Å². The first-order valence-corrected chi connectivity index (χ1v) is 12.8. The van der Waals surface area contributed by atoms with Gasteiger partial charge in [0, 0.05) is 12.8 Å². The third-order valence-corrected chi connectivity index (χ3v) is 6.06. The molecule has 214 valence electrons. The van der Waals surface area contributed by atoms with Crippen molar-refractivity contribution >= 4 is 24.2 Å². The Kier molecular flexibility index (Phi) is 13.6. The standard InChI is InChI=1S/C27H41NO10/c1-8-17(4)23(29)34-14-13-27(28,24(30)33-7)16-20-11-12-21(37-25(31)35-18(5)9-2)22(15-20)38-26(32)36-19(6)10-3/h11-12,15,17-19H,8-10,13-14,16,28H2,1-7H3/t17?,18-,19?,27+/m0/s1. The van der Waals surface area contributed by atoms with E-state index in [-0.39, 0.29) is 48.9 Å². The Morgan fingerprint density at radius 1 is 0.868 bits per heavy atom. The van der Waals surface area contributed by atoms with Crippen LogP contribution < -0.4 is 15.2 Å². The number of nitrogens with two attached hydrogens (primary N) is 1. The summed E-state index contributed by atoms with van der Waals surface area (Å²) in [7, 11) is 1.20. The van der Waals surface area contributed by atoms with Crippen molar-refractivity contribution < 1.29 is 47.6 Å². The van der Waals surface area contributed by atoms with Crippen LogP contribution in [0.4, 0.5) is 9.59 Å². The Labute approximate surface area is 224 Å². The third-order valence-electron chi connectivity index (χ3n) is 6.06. The van der Waals surface area contributed by atoms with Crippen molar-refractivity contribution in [2.24, 2.45) is 11.7 Å². The minimum atomic E-state index is -1.56. The summed E-state index contributed by atoms with van der Waals surface area (Å²) in [5, 5.41) is 0. The molecule has 0 saturated carbocycles. The molecule has 0 fully saturated rings. The Balaban J connectivity index is 3.20. The number of hydrogen-bond acceptors (Lipinski definition) is 11. The highest BCUT2D eigenvalue weighted by atomic mass is 16.7. The van der Waals surface area contributed by atoms with E-state index in [1.807, 2.05) is 20.8 Å². The molecule has 0 aliphatic rings. The minimum absolute atomic E-state index is 0.0203. The van der Waals surface area contributed by atoms with Crippen LogP contribution >= 0.6 is 0 Å². The van der Waals surface area contributed by atoms with E-state index in [2.05, 4.69) is 0 Å². The Bertz CT molecular complexity index is 950. The molecule has 0 heterocycles. The van der Waals surface area contributed by atoms with E-state index < -0.39 is 29.9 Å². The highest BCUT2D eigenvalue weighted by molar-refractivity contribution is 5.81.